The van der Waals surface area contributed by atoms with Gasteiger partial charge in [0.15, 0.2) is 5.75 Å². The van der Waals surface area contributed by atoms with E-state index in [0.717, 1.165) is 22.7 Å². The van der Waals surface area contributed by atoms with Crippen LogP contribution in [0.15, 0.2) is 55.0 Å². The van der Waals surface area contributed by atoms with E-state index in [1.807, 2.05) is 27.0 Å². The van der Waals surface area contributed by atoms with Gasteiger partial charge in [-0.2, -0.15) is 0 Å². The number of carbonyl (C=O) groups is 2. The van der Waals surface area contributed by atoms with E-state index in [1.165, 1.54) is 24.5 Å². The number of hydrogen-bond donors (Lipinski definition) is 3. The van der Waals surface area contributed by atoms with E-state index in [1.54, 1.807) is 12.4 Å². The van der Waals surface area contributed by atoms with E-state index in [0.29, 0.717) is 43.7 Å². The molecule has 0 radical (unpaired) electrons. The maximum absolute atomic E-state index is 9.06. The number of primary amides is 1. The lowest BCUT2D eigenvalue weighted by atomic mass is 10.1. The second-order valence-electron chi connectivity index (χ2n) is 7.73. The Labute approximate surface area is 224 Å². The van der Waals surface area contributed by atoms with Gasteiger partial charge in [-0.1, -0.05) is 44.2 Å². The van der Waals surface area contributed by atoms with Crippen molar-refractivity contribution in [2.75, 3.05) is 25.6 Å². The van der Waals surface area contributed by atoms with Gasteiger partial charge in [-0.05, 0) is 42.5 Å². The molecule has 1 aliphatic heterocycles. The molecule has 0 bridgehead atoms. The second kappa shape index (κ2) is 18.8. The molecule has 37 heavy (non-hydrogen) atoms. The van der Waals surface area contributed by atoms with Crippen LogP contribution in [-0.4, -0.2) is 49.0 Å². The normalized spacial score (nSPS) is 15.8. The quantitative estimate of drug-likeness (QED) is 0.338. The van der Waals surface area contributed by atoms with Crippen molar-refractivity contribution in [1.29, 1.82) is 0 Å². The number of carbonyl (C=O) groups excluding carboxylic acids is 2. The average Bonchev–Trinajstić information content (AvgIpc) is 3.79. The Kier molecular flexibility index (Phi) is 16.0. The van der Waals surface area contributed by atoms with Crippen LogP contribution in [0.3, 0.4) is 0 Å². The molecule has 0 saturated heterocycles. The molecule has 2 aliphatic rings. The summed E-state index contributed by atoms with van der Waals surface area (Å²) in [5.41, 5.74) is 7.66. The molecule has 2 aromatic rings. The zero-order valence-electron chi connectivity index (χ0n) is 21.8. The first-order chi connectivity index (χ1) is 18.0. The monoisotopic (exact) mass is 531 g/mol. The van der Waals surface area contributed by atoms with Gasteiger partial charge in [-0.25, -0.2) is 9.97 Å². The highest BCUT2D eigenvalue weighted by Gasteiger charge is 2.24. The second-order valence-corrected chi connectivity index (χ2v) is 8.13. The highest BCUT2D eigenvalue weighted by atomic mass is 35.5. The first-order valence-electron chi connectivity index (χ1n) is 12.2. The summed E-state index contributed by atoms with van der Waals surface area (Å²) in [4.78, 5) is 26.4. The van der Waals surface area contributed by atoms with Crippen molar-refractivity contribution in [3.8, 4) is 5.75 Å². The Morgan fingerprint density at radius 1 is 1.24 bits per heavy atom. The largest absolute Gasteiger partial charge is 0.486 e. The van der Waals surface area contributed by atoms with Crippen LogP contribution < -0.4 is 21.1 Å². The number of ether oxygens (including phenoxy) is 2. The fourth-order valence-corrected chi connectivity index (χ4v) is 3.43. The van der Waals surface area contributed by atoms with Gasteiger partial charge >= 0.3 is 0 Å². The third kappa shape index (κ3) is 12.4. The maximum atomic E-state index is 9.06. The van der Waals surface area contributed by atoms with Crippen molar-refractivity contribution in [3.63, 3.8) is 0 Å². The van der Waals surface area contributed by atoms with Gasteiger partial charge in [-0.3, -0.25) is 9.59 Å². The van der Waals surface area contributed by atoms with Crippen LogP contribution in [0.25, 0.3) is 0 Å². The third-order valence-electron chi connectivity index (χ3n) is 5.12. The smallest absolute Gasteiger partial charge is 0.223 e. The number of aromatic nitrogens is 2. The maximum Gasteiger partial charge on any atom is 0.223 e. The Morgan fingerprint density at radius 2 is 1.89 bits per heavy atom. The number of hydrogen-bond acceptors (Lipinski definition) is 8. The standard InChI is InChI=1S/C21H25ClN4O2.C3H4O.C2H6.CH3NO/c1-23-17-6-7-27-13-18(9-17)26-21-24-10-19(11-25-21)28-12-16-8-15(14-2-3-14)4-5-20(16)22;1-2-3-4;1-2;2-1-3/h4-6,8,10-11,14,18,23H,2-3,7,9,12-13H2,1H3,(H,24,25,26);2-3H,1H2;1-2H3;1H,(H2,2,3). The lowest BCUT2D eigenvalue weighted by Crippen LogP contribution is -2.27. The van der Waals surface area contributed by atoms with Crippen LogP contribution in [0.1, 0.15) is 50.2 Å². The van der Waals surface area contributed by atoms with Gasteiger partial charge in [0.25, 0.3) is 0 Å². The Morgan fingerprint density at radius 3 is 2.46 bits per heavy atom. The highest BCUT2D eigenvalue weighted by molar-refractivity contribution is 6.31. The minimum Gasteiger partial charge on any atom is -0.486 e. The SMILES string of the molecule is C=CC=O.CC.CNC1=CCOCC(Nc2ncc(OCc3cc(C4CC4)ccc3Cl)cn2)C1.NC=O. The number of allylic oxidation sites excluding steroid dienone is 1. The number of rotatable bonds is 8. The van der Waals surface area contributed by atoms with Crippen LogP contribution >= 0.6 is 11.6 Å². The zero-order chi connectivity index (χ0) is 27.5. The van der Waals surface area contributed by atoms with Gasteiger partial charge in [0.1, 0.15) is 12.9 Å². The number of anilines is 1. The van der Waals surface area contributed by atoms with E-state index in [-0.39, 0.29) is 12.5 Å². The Bertz CT molecular complexity index is 975. The minimum atomic E-state index is 0.122. The number of nitrogens with zero attached hydrogens (tertiary/aromatic N) is 2. The molecule has 4 N–H and O–H groups in total. The first-order valence-corrected chi connectivity index (χ1v) is 12.6. The molecule has 1 aromatic heterocycles. The Hall–Kier alpha value is -3.43. The molecule has 1 amide bonds. The number of amides is 1. The molecule has 10 heteroatoms. The molecule has 202 valence electrons. The molecule has 4 rings (SSSR count). The molecule has 1 aromatic carbocycles. The molecule has 9 nitrogen and oxygen atoms in total. The molecule has 1 fully saturated rings. The van der Waals surface area contributed by atoms with Crippen molar-refractivity contribution in [2.24, 2.45) is 5.73 Å². The topological polar surface area (TPSA) is 128 Å². The van der Waals surface area contributed by atoms with Crippen LogP contribution in [-0.2, 0) is 20.9 Å². The predicted molar refractivity (Wildman–Crippen MR) is 148 cm³/mol. The number of benzene rings is 1. The summed E-state index contributed by atoms with van der Waals surface area (Å²) in [6, 6.07) is 6.34. The Balaban J connectivity index is 0.000000670. The van der Waals surface area contributed by atoms with Crippen molar-refractivity contribution < 1.29 is 19.1 Å². The average molecular weight is 532 g/mol. The number of nitrogens with one attached hydrogen (secondary N) is 2. The van der Waals surface area contributed by atoms with E-state index in [9.17, 15) is 0 Å². The third-order valence-corrected chi connectivity index (χ3v) is 5.49. The summed E-state index contributed by atoms with van der Waals surface area (Å²) < 4.78 is 11.4. The van der Waals surface area contributed by atoms with Gasteiger partial charge in [0.2, 0.25) is 12.4 Å². The van der Waals surface area contributed by atoms with Crippen molar-refractivity contribution in [1.82, 2.24) is 15.3 Å². The summed E-state index contributed by atoms with van der Waals surface area (Å²) in [6.45, 7) is 8.74. The molecule has 2 heterocycles. The van der Waals surface area contributed by atoms with Crippen LogP contribution in [0.2, 0.25) is 5.02 Å². The van der Waals surface area contributed by atoms with E-state index in [4.69, 9.17) is 30.7 Å². The summed E-state index contributed by atoms with van der Waals surface area (Å²) in [6.07, 6.45) is 10.9. The van der Waals surface area contributed by atoms with E-state index < -0.39 is 0 Å². The van der Waals surface area contributed by atoms with Crippen LogP contribution in [0, 0.1) is 0 Å². The van der Waals surface area contributed by atoms with E-state index in [2.05, 4.69) is 51.1 Å². The molecule has 1 atom stereocenters. The molecule has 1 unspecified atom stereocenters. The summed E-state index contributed by atoms with van der Waals surface area (Å²) in [5.74, 6) is 1.87. The first kappa shape index (κ1) is 31.6. The van der Waals surface area contributed by atoms with Gasteiger partial charge < -0.3 is 25.8 Å². The molecular formula is C27H38ClN5O4. The lowest BCUT2D eigenvalue weighted by Gasteiger charge is -2.17. The van der Waals surface area contributed by atoms with Crippen molar-refractivity contribution in [3.05, 3.63) is 71.2 Å². The molecular weight excluding hydrogens is 494 g/mol. The minimum absolute atomic E-state index is 0.122. The highest BCUT2D eigenvalue weighted by Crippen LogP contribution is 2.41. The number of halogens is 1. The molecule has 0 spiro atoms. The summed E-state index contributed by atoms with van der Waals surface area (Å²) in [5, 5.41) is 7.23. The fraction of sp³-hybridized carbons (Fsp3) is 0.407. The fourth-order valence-electron chi connectivity index (χ4n) is 3.26. The predicted octanol–water partition coefficient (Wildman–Crippen LogP) is 4.39. The number of nitrogens with two attached hydrogens (primary N) is 1. The van der Waals surface area contributed by atoms with Crippen LogP contribution in [0.5, 0.6) is 5.75 Å². The van der Waals surface area contributed by atoms with E-state index >= 15 is 0 Å². The van der Waals surface area contributed by atoms with Gasteiger partial charge in [0, 0.05) is 29.8 Å². The lowest BCUT2D eigenvalue weighted by molar-refractivity contribution is -0.107. The van der Waals surface area contributed by atoms with Crippen molar-refractivity contribution in [2.45, 2.75) is 51.7 Å². The summed E-state index contributed by atoms with van der Waals surface area (Å²) >= 11 is 6.32. The van der Waals surface area contributed by atoms with Crippen molar-refractivity contribution >= 4 is 30.2 Å². The van der Waals surface area contributed by atoms with Gasteiger partial charge in [-0.15, -0.1) is 0 Å². The zero-order valence-corrected chi connectivity index (χ0v) is 22.5. The van der Waals surface area contributed by atoms with Gasteiger partial charge in [0.05, 0.1) is 31.6 Å². The molecule has 1 aliphatic carbocycles. The summed E-state index contributed by atoms with van der Waals surface area (Å²) in [7, 11) is 1.92. The molecule has 1 saturated carbocycles. The van der Waals surface area contributed by atoms with Crippen LogP contribution in [0.4, 0.5) is 5.95 Å². The number of aldehydes is 1.